The van der Waals surface area contributed by atoms with Gasteiger partial charge in [-0.1, -0.05) is 12.2 Å². The molecule has 2 fully saturated rings. The average Bonchev–Trinajstić information content (AvgIpc) is 2.77. The van der Waals surface area contributed by atoms with Gasteiger partial charge in [-0.2, -0.15) is 0 Å². The number of nitrogens with zero attached hydrogens (tertiary/aromatic N) is 1. The van der Waals surface area contributed by atoms with Crippen molar-refractivity contribution in [1.29, 1.82) is 0 Å². The quantitative estimate of drug-likeness (QED) is 0.770. The summed E-state index contributed by atoms with van der Waals surface area (Å²) in [5.41, 5.74) is -0.693. The van der Waals surface area contributed by atoms with E-state index < -0.39 is 5.60 Å². The third kappa shape index (κ3) is 2.89. The molecule has 1 saturated heterocycles. The highest BCUT2D eigenvalue weighted by Crippen LogP contribution is 2.41. The fraction of sp³-hybridized carbons (Fsp3) is 0.833. The molecule has 1 saturated carbocycles. The standard InChI is InChI=1S/C12H20N2O2S/c1-11(2,3)16-10(15)13-12(6-7-12)14-8-4-5-9(14)17/h4-8H2,1-3H3,(H,13,15). The Labute approximate surface area is 108 Å². The molecule has 2 rings (SSSR count). The van der Waals surface area contributed by atoms with E-state index in [0.717, 1.165) is 37.2 Å². The monoisotopic (exact) mass is 256 g/mol. The minimum Gasteiger partial charge on any atom is -0.444 e. The Morgan fingerprint density at radius 1 is 1.47 bits per heavy atom. The lowest BCUT2D eigenvalue weighted by atomic mass is 10.2. The van der Waals surface area contributed by atoms with Crippen molar-refractivity contribution in [3.8, 4) is 0 Å². The maximum absolute atomic E-state index is 11.8. The summed E-state index contributed by atoms with van der Waals surface area (Å²) >= 11 is 5.32. The van der Waals surface area contributed by atoms with Crippen LogP contribution in [0.3, 0.4) is 0 Å². The van der Waals surface area contributed by atoms with Crippen molar-refractivity contribution < 1.29 is 9.53 Å². The van der Waals surface area contributed by atoms with E-state index in [0.29, 0.717) is 0 Å². The molecule has 0 atom stereocenters. The molecule has 0 bridgehead atoms. The van der Waals surface area contributed by atoms with Crippen LogP contribution in [0.15, 0.2) is 0 Å². The number of hydrogen-bond donors (Lipinski definition) is 1. The van der Waals surface area contributed by atoms with Crippen molar-refractivity contribution in [2.75, 3.05) is 6.54 Å². The number of amides is 1. The fourth-order valence-corrected chi connectivity index (χ4v) is 2.59. The zero-order chi connectivity index (χ0) is 12.7. The van der Waals surface area contributed by atoms with Gasteiger partial charge < -0.3 is 9.64 Å². The molecule has 96 valence electrons. The number of carbonyl (C=O) groups is 1. The highest BCUT2D eigenvalue weighted by atomic mass is 32.1. The van der Waals surface area contributed by atoms with E-state index in [4.69, 9.17) is 17.0 Å². The molecule has 5 heteroatoms. The molecule has 4 nitrogen and oxygen atoms in total. The van der Waals surface area contributed by atoms with Crippen LogP contribution >= 0.6 is 12.2 Å². The Kier molecular flexibility index (Phi) is 3.06. The summed E-state index contributed by atoms with van der Waals surface area (Å²) in [5.74, 6) is 0. The van der Waals surface area contributed by atoms with Crippen LogP contribution in [0.4, 0.5) is 4.79 Å². The first kappa shape index (κ1) is 12.6. The van der Waals surface area contributed by atoms with Gasteiger partial charge in [0.2, 0.25) is 0 Å². The van der Waals surface area contributed by atoms with Crippen molar-refractivity contribution in [3.05, 3.63) is 0 Å². The van der Waals surface area contributed by atoms with Gasteiger partial charge in [-0.25, -0.2) is 4.79 Å². The fourth-order valence-electron chi connectivity index (χ4n) is 2.18. The lowest BCUT2D eigenvalue weighted by molar-refractivity contribution is 0.0447. The predicted octanol–water partition coefficient (Wildman–Crippen LogP) is 2.42. The van der Waals surface area contributed by atoms with Crippen molar-refractivity contribution in [3.63, 3.8) is 0 Å². The summed E-state index contributed by atoms with van der Waals surface area (Å²) in [6.45, 7) is 6.56. The average molecular weight is 256 g/mol. The number of nitrogens with one attached hydrogen (secondary N) is 1. The zero-order valence-electron chi connectivity index (χ0n) is 10.7. The zero-order valence-corrected chi connectivity index (χ0v) is 11.5. The van der Waals surface area contributed by atoms with Gasteiger partial charge >= 0.3 is 6.09 Å². The highest BCUT2D eigenvalue weighted by Gasteiger charge is 2.51. The Hall–Kier alpha value is -0.840. The lowest BCUT2D eigenvalue weighted by Crippen LogP contribution is -2.51. The topological polar surface area (TPSA) is 41.6 Å². The van der Waals surface area contributed by atoms with Crippen LogP contribution < -0.4 is 5.32 Å². The smallest absolute Gasteiger partial charge is 0.409 e. The third-order valence-corrected chi connectivity index (χ3v) is 3.47. The Bertz CT molecular complexity index is 345. The second-order valence-corrected chi connectivity index (χ2v) is 6.28. The lowest BCUT2D eigenvalue weighted by Gasteiger charge is -2.31. The second-order valence-electron chi connectivity index (χ2n) is 5.81. The van der Waals surface area contributed by atoms with Gasteiger partial charge in [-0.3, -0.25) is 5.32 Å². The van der Waals surface area contributed by atoms with Crippen molar-refractivity contribution in [2.45, 2.75) is 57.7 Å². The summed E-state index contributed by atoms with van der Waals surface area (Å²) in [4.78, 5) is 14.9. The first-order valence-corrected chi connectivity index (χ1v) is 6.55. The van der Waals surface area contributed by atoms with Crippen molar-refractivity contribution >= 4 is 23.3 Å². The molecule has 1 amide bonds. The molecule has 0 aromatic carbocycles. The van der Waals surface area contributed by atoms with Gasteiger partial charge in [-0.15, -0.1) is 0 Å². The minimum atomic E-state index is -0.453. The van der Waals surface area contributed by atoms with E-state index in [1.54, 1.807) is 0 Å². The minimum absolute atomic E-state index is 0.240. The number of hydrogen-bond acceptors (Lipinski definition) is 3. The molecule has 2 aliphatic rings. The van der Waals surface area contributed by atoms with Gasteiger partial charge in [0.25, 0.3) is 0 Å². The number of carbonyl (C=O) groups excluding carboxylic acids is 1. The van der Waals surface area contributed by atoms with Crippen molar-refractivity contribution in [1.82, 2.24) is 10.2 Å². The molecule has 1 aliphatic heterocycles. The highest BCUT2D eigenvalue weighted by molar-refractivity contribution is 7.80. The molecule has 1 aliphatic carbocycles. The number of likely N-dealkylation sites (tertiary alicyclic amines) is 1. The molecule has 1 N–H and O–H groups in total. The van der Waals surface area contributed by atoms with Gasteiger partial charge in [0, 0.05) is 6.54 Å². The maximum Gasteiger partial charge on any atom is 0.409 e. The van der Waals surface area contributed by atoms with E-state index in [2.05, 4.69) is 10.2 Å². The second kappa shape index (κ2) is 4.12. The predicted molar refractivity (Wildman–Crippen MR) is 69.9 cm³/mol. The molecule has 1 heterocycles. The van der Waals surface area contributed by atoms with E-state index in [9.17, 15) is 4.79 Å². The van der Waals surface area contributed by atoms with Crippen LogP contribution in [0, 0.1) is 0 Å². The normalized spacial score (nSPS) is 22.5. The van der Waals surface area contributed by atoms with Crippen LogP contribution in [0.1, 0.15) is 46.5 Å². The van der Waals surface area contributed by atoms with Gasteiger partial charge in [-0.05, 0) is 46.5 Å². The Morgan fingerprint density at radius 3 is 2.53 bits per heavy atom. The number of rotatable bonds is 2. The third-order valence-electron chi connectivity index (χ3n) is 3.05. The van der Waals surface area contributed by atoms with Crippen LogP contribution in [0.2, 0.25) is 0 Å². The molecule has 0 aromatic rings. The molecule has 17 heavy (non-hydrogen) atoms. The molecular formula is C12H20N2O2S. The Balaban J connectivity index is 1.94. The van der Waals surface area contributed by atoms with Crippen LogP contribution in [-0.4, -0.2) is 33.8 Å². The molecule has 0 aromatic heterocycles. The molecule has 0 spiro atoms. The Morgan fingerprint density at radius 2 is 2.12 bits per heavy atom. The van der Waals surface area contributed by atoms with E-state index in [-0.39, 0.29) is 11.8 Å². The van der Waals surface area contributed by atoms with E-state index in [1.807, 2.05) is 20.8 Å². The maximum atomic E-state index is 11.8. The van der Waals surface area contributed by atoms with Crippen LogP contribution in [0.5, 0.6) is 0 Å². The first-order chi connectivity index (χ1) is 7.82. The summed E-state index contributed by atoms with van der Waals surface area (Å²) < 4.78 is 5.29. The largest absolute Gasteiger partial charge is 0.444 e. The molecular weight excluding hydrogens is 236 g/mol. The molecule has 0 unspecified atom stereocenters. The summed E-state index contributed by atoms with van der Waals surface area (Å²) in [6, 6.07) is 0. The van der Waals surface area contributed by atoms with Crippen molar-refractivity contribution in [2.24, 2.45) is 0 Å². The number of ether oxygens (including phenoxy) is 1. The van der Waals surface area contributed by atoms with E-state index >= 15 is 0 Å². The first-order valence-electron chi connectivity index (χ1n) is 6.14. The number of thiocarbonyl (C=S) groups is 1. The van der Waals surface area contributed by atoms with Crippen LogP contribution in [-0.2, 0) is 4.74 Å². The SMILES string of the molecule is CC(C)(C)OC(=O)NC1(N2CCCC2=S)CC1. The number of alkyl carbamates (subject to hydrolysis) is 1. The van der Waals surface area contributed by atoms with E-state index in [1.165, 1.54) is 0 Å². The van der Waals surface area contributed by atoms with Crippen LogP contribution in [0.25, 0.3) is 0 Å². The van der Waals surface area contributed by atoms with Gasteiger partial charge in [0.1, 0.15) is 11.3 Å². The van der Waals surface area contributed by atoms with Gasteiger partial charge in [0.15, 0.2) is 0 Å². The molecule has 0 radical (unpaired) electrons. The summed E-state index contributed by atoms with van der Waals surface area (Å²) in [6.07, 6.45) is 3.65. The summed E-state index contributed by atoms with van der Waals surface area (Å²) in [7, 11) is 0. The van der Waals surface area contributed by atoms with Gasteiger partial charge in [0.05, 0.1) is 4.99 Å². The summed E-state index contributed by atoms with van der Waals surface area (Å²) in [5, 5.41) is 2.97.